The van der Waals surface area contributed by atoms with Crippen molar-refractivity contribution in [2.45, 2.75) is 0 Å². The van der Waals surface area contributed by atoms with Crippen LogP contribution in [-0.4, -0.2) is 11.5 Å². The highest BCUT2D eigenvalue weighted by molar-refractivity contribution is 9.10. The van der Waals surface area contributed by atoms with Gasteiger partial charge in [-0.2, -0.15) is 5.10 Å². The maximum atomic E-state index is 12.9. The number of anilines is 1. The van der Waals surface area contributed by atoms with E-state index in [0.717, 1.165) is 15.7 Å². The molecule has 0 saturated carbocycles. The Kier molecular flexibility index (Phi) is 5.18. The molecule has 0 unspecified atom stereocenters. The molecular formula is C20H15BrN2O. The van der Waals surface area contributed by atoms with Crippen LogP contribution in [0.1, 0.15) is 15.9 Å². The molecule has 3 nitrogen and oxygen atoms in total. The SMILES string of the molecule is O=C(C(=NNc1ccccc1Br)c1ccccc1)c1ccccc1. The zero-order valence-corrected chi connectivity index (χ0v) is 14.4. The van der Waals surface area contributed by atoms with Crippen LogP contribution >= 0.6 is 15.9 Å². The first kappa shape index (κ1) is 16.1. The van der Waals surface area contributed by atoms with Gasteiger partial charge in [0.15, 0.2) is 0 Å². The molecule has 3 aromatic carbocycles. The summed E-state index contributed by atoms with van der Waals surface area (Å²) < 4.78 is 0.883. The summed E-state index contributed by atoms with van der Waals surface area (Å²) in [7, 11) is 0. The Balaban J connectivity index is 1.98. The van der Waals surface area contributed by atoms with Crippen LogP contribution in [0.15, 0.2) is 94.5 Å². The largest absolute Gasteiger partial charge is 0.287 e. The van der Waals surface area contributed by atoms with Crippen molar-refractivity contribution >= 4 is 33.1 Å². The van der Waals surface area contributed by atoms with Gasteiger partial charge in [-0.1, -0.05) is 72.8 Å². The molecular weight excluding hydrogens is 364 g/mol. The second-order valence-corrected chi connectivity index (χ2v) is 5.97. The highest BCUT2D eigenvalue weighted by Gasteiger charge is 2.16. The van der Waals surface area contributed by atoms with E-state index in [4.69, 9.17) is 0 Å². The number of hydrogen-bond acceptors (Lipinski definition) is 3. The molecule has 0 aromatic heterocycles. The van der Waals surface area contributed by atoms with Crippen molar-refractivity contribution < 1.29 is 4.79 Å². The number of hydrazone groups is 1. The molecule has 0 bridgehead atoms. The molecule has 0 amide bonds. The Morgan fingerprint density at radius 3 is 1.92 bits per heavy atom. The highest BCUT2D eigenvalue weighted by Crippen LogP contribution is 2.21. The molecule has 3 aromatic rings. The van der Waals surface area contributed by atoms with Gasteiger partial charge in [0, 0.05) is 15.6 Å². The number of Topliss-reactive ketones (excluding diaryl/α,β-unsaturated/α-hetero) is 1. The number of nitrogens with one attached hydrogen (secondary N) is 1. The summed E-state index contributed by atoms with van der Waals surface area (Å²) in [5.74, 6) is -0.124. The third-order valence-electron chi connectivity index (χ3n) is 3.46. The average molecular weight is 379 g/mol. The lowest BCUT2D eigenvalue weighted by atomic mass is 10.0. The van der Waals surface area contributed by atoms with E-state index in [2.05, 4.69) is 26.5 Å². The summed E-state index contributed by atoms with van der Waals surface area (Å²) in [6, 6.07) is 26.2. The number of carbonyl (C=O) groups excluding carboxylic acids is 1. The molecule has 0 aliphatic carbocycles. The minimum Gasteiger partial charge on any atom is -0.287 e. The van der Waals surface area contributed by atoms with Crippen molar-refractivity contribution in [2.75, 3.05) is 5.43 Å². The Labute approximate surface area is 149 Å². The van der Waals surface area contributed by atoms with Crippen LogP contribution in [0.3, 0.4) is 0 Å². The van der Waals surface area contributed by atoms with Crippen molar-refractivity contribution in [3.63, 3.8) is 0 Å². The first-order chi connectivity index (χ1) is 11.8. The van der Waals surface area contributed by atoms with E-state index < -0.39 is 0 Å². The minimum absolute atomic E-state index is 0.124. The quantitative estimate of drug-likeness (QED) is 0.379. The molecule has 0 radical (unpaired) electrons. The second-order valence-electron chi connectivity index (χ2n) is 5.11. The van der Waals surface area contributed by atoms with Gasteiger partial charge in [-0.25, -0.2) is 0 Å². The molecule has 0 aliphatic rings. The van der Waals surface area contributed by atoms with Gasteiger partial charge in [-0.3, -0.25) is 10.2 Å². The standard InChI is InChI=1S/C20H15BrN2O/c21-17-13-7-8-14-18(17)22-23-19(15-9-3-1-4-10-15)20(24)16-11-5-2-6-12-16/h1-14,22H. The van der Waals surface area contributed by atoms with Crippen LogP contribution in [0.4, 0.5) is 5.69 Å². The van der Waals surface area contributed by atoms with E-state index in [1.165, 1.54) is 0 Å². The van der Waals surface area contributed by atoms with Crippen LogP contribution in [0.5, 0.6) is 0 Å². The molecule has 0 spiro atoms. The summed E-state index contributed by atoms with van der Waals surface area (Å²) in [6.45, 7) is 0. The Morgan fingerprint density at radius 1 is 0.750 bits per heavy atom. The number of carbonyl (C=O) groups is 1. The minimum atomic E-state index is -0.124. The second kappa shape index (κ2) is 7.70. The third kappa shape index (κ3) is 3.78. The lowest BCUT2D eigenvalue weighted by molar-refractivity contribution is 0.106. The van der Waals surface area contributed by atoms with Gasteiger partial charge in [0.05, 0.1) is 5.69 Å². The van der Waals surface area contributed by atoms with Crippen LogP contribution in [0.25, 0.3) is 0 Å². The van der Waals surface area contributed by atoms with Crippen LogP contribution < -0.4 is 5.43 Å². The molecule has 3 rings (SSSR count). The number of para-hydroxylation sites is 1. The zero-order chi connectivity index (χ0) is 16.8. The predicted octanol–water partition coefficient (Wildman–Crippen LogP) is 5.15. The summed E-state index contributed by atoms with van der Waals surface area (Å²) in [5.41, 5.74) is 5.53. The fraction of sp³-hybridized carbons (Fsp3) is 0. The van der Waals surface area contributed by atoms with E-state index in [1.807, 2.05) is 72.8 Å². The fourth-order valence-corrected chi connectivity index (χ4v) is 2.61. The van der Waals surface area contributed by atoms with Gasteiger partial charge in [-0.05, 0) is 28.1 Å². The maximum Gasteiger partial charge on any atom is 0.213 e. The number of nitrogens with zero attached hydrogens (tertiary/aromatic N) is 1. The van der Waals surface area contributed by atoms with Crippen molar-refractivity contribution in [1.82, 2.24) is 0 Å². The number of halogens is 1. The van der Waals surface area contributed by atoms with E-state index in [0.29, 0.717) is 11.3 Å². The van der Waals surface area contributed by atoms with Gasteiger partial charge in [0.1, 0.15) is 5.71 Å². The van der Waals surface area contributed by atoms with Gasteiger partial charge < -0.3 is 0 Å². The lowest BCUT2D eigenvalue weighted by Crippen LogP contribution is -2.17. The van der Waals surface area contributed by atoms with E-state index in [1.54, 1.807) is 12.1 Å². The van der Waals surface area contributed by atoms with Gasteiger partial charge >= 0.3 is 0 Å². The molecule has 0 heterocycles. The van der Waals surface area contributed by atoms with Gasteiger partial charge in [0.25, 0.3) is 0 Å². The number of ketones is 1. The van der Waals surface area contributed by atoms with Crippen molar-refractivity contribution in [3.8, 4) is 0 Å². The van der Waals surface area contributed by atoms with Crippen molar-refractivity contribution in [2.24, 2.45) is 5.10 Å². The van der Waals surface area contributed by atoms with E-state index >= 15 is 0 Å². The predicted molar refractivity (Wildman–Crippen MR) is 102 cm³/mol. The Bertz CT molecular complexity index is 861. The van der Waals surface area contributed by atoms with Gasteiger partial charge in [0.2, 0.25) is 5.78 Å². The highest BCUT2D eigenvalue weighted by atomic mass is 79.9. The average Bonchev–Trinajstić information content (AvgIpc) is 2.65. The molecule has 0 aliphatic heterocycles. The molecule has 24 heavy (non-hydrogen) atoms. The van der Waals surface area contributed by atoms with Gasteiger partial charge in [-0.15, -0.1) is 0 Å². The number of rotatable bonds is 5. The Hall–Kier alpha value is -2.72. The summed E-state index contributed by atoms with van der Waals surface area (Å²) in [5, 5.41) is 4.39. The molecule has 4 heteroatoms. The summed E-state index contributed by atoms with van der Waals surface area (Å²) in [4.78, 5) is 12.9. The molecule has 1 N–H and O–H groups in total. The van der Waals surface area contributed by atoms with E-state index in [-0.39, 0.29) is 5.78 Å². The van der Waals surface area contributed by atoms with Crippen LogP contribution in [0.2, 0.25) is 0 Å². The normalized spacial score (nSPS) is 11.1. The topological polar surface area (TPSA) is 41.5 Å². The lowest BCUT2D eigenvalue weighted by Gasteiger charge is -2.08. The fourth-order valence-electron chi connectivity index (χ4n) is 2.24. The molecule has 0 fully saturated rings. The first-order valence-electron chi connectivity index (χ1n) is 7.49. The number of benzene rings is 3. The molecule has 118 valence electrons. The Morgan fingerprint density at radius 2 is 1.29 bits per heavy atom. The first-order valence-corrected chi connectivity index (χ1v) is 8.28. The van der Waals surface area contributed by atoms with Crippen molar-refractivity contribution in [3.05, 3.63) is 101 Å². The maximum absolute atomic E-state index is 12.9. The third-order valence-corrected chi connectivity index (χ3v) is 4.15. The summed E-state index contributed by atoms with van der Waals surface area (Å²) >= 11 is 3.47. The smallest absolute Gasteiger partial charge is 0.213 e. The molecule has 0 atom stereocenters. The van der Waals surface area contributed by atoms with Crippen LogP contribution in [0, 0.1) is 0 Å². The molecule has 0 saturated heterocycles. The van der Waals surface area contributed by atoms with Crippen molar-refractivity contribution in [1.29, 1.82) is 0 Å². The summed E-state index contributed by atoms with van der Waals surface area (Å²) in [6.07, 6.45) is 0. The monoisotopic (exact) mass is 378 g/mol. The number of hydrogen-bond donors (Lipinski definition) is 1. The zero-order valence-electron chi connectivity index (χ0n) is 12.8. The van der Waals surface area contributed by atoms with Crippen LogP contribution in [-0.2, 0) is 0 Å². The van der Waals surface area contributed by atoms with E-state index in [9.17, 15) is 4.79 Å².